The molecule has 0 saturated heterocycles. The number of aliphatic hydroxyl groups is 1. The molecule has 0 aliphatic heterocycles. The molecule has 0 heterocycles. The highest BCUT2D eigenvalue weighted by atomic mass is 32.2. The van der Waals surface area contributed by atoms with Crippen molar-refractivity contribution in [3.63, 3.8) is 0 Å². The number of hydrogen-bond donors (Lipinski definition) is 2. The summed E-state index contributed by atoms with van der Waals surface area (Å²) in [6, 6.07) is 0.0871. The number of rotatable bonds is 5. The van der Waals surface area contributed by atoms with Crippen LogP contribution in [0.15, 0.2) is 0 Å². The minimum absolute atomic E-state index is 0.00461. The van der Waals surface area contributed by atoms with Crippen molar-refractivity contribution in [3.05, 3.63) is 0 Å². The predicted molar refractivity (Wildman–Crippen MR) is 72.3 cm³/mol. The Morgan fingerprint density at radius 2 is 1.89 bits per heavy atom. The van der Waals surface area contributed by atoms with Crippen LogP contribution < -0.4 is 5.32 Å². The third kappa shape index (κ3) is 3.06. The second-order valence-corrected chi connectivity index (χ2v) is 8.42. The zero-order valence-corrected chi connectivity index (χ0v) is 12.0. The molecule has 4 nitrogen and oxygen atoms in total. The van der Waals surface area contributed by atoms with Crippen LogP contribution in [0.1, 0.15) is 44.9 Å². The molecule has 0 radical (unpaired) electrons. The van der Waals surface area contributed by atoms with E-state index < -0.39 is 9.84 Å². The zero-order chi connectivity index (χ0) is 13.2. The molecular formula is C13H25NO3S. The summed E-state index contributed by atoms with van der Waals surface area (Å²) in [5.41, 5.74) is 0.00461. The molecule has 0 aromatic rings. The van der Waals surface area contributed by atoms with Crippen LogP contribution in [0.3, 0.4) is 0 Å². The molecule has 5 heteroatoms. The molecule has 0 bridgehead atoms. The topological polar surface area (TPSA) is 66.4 Å². The molecule has 0 amide bonds. The van der Waals surface area contributed by atoms with E-state index in [0.29, 0.717) is 0 Å². The van der Waals surface area contributed by atoms with Crippen LogP contribution in [0.2, 0.25) is 0 Å². The van der Waals surface area contributed by atoms with Gasteiger partial charge in [-0.15, -0.1) is 0 Å². The summed E-state index contributed by atoms with van der Waals surface area (Å²) >= 11 is 0. The molecule has 18 heavy (non-hydrogen) atoms. The maximum Gasteiger partial charge on any atom is 0.151 e. The Kier molecular flexibility index (Phi) is 4.34. The normalized spacial score (nSPS) is 31.9. The molecule has 0 spiro atoms. The quantitative estimate of drug-likeness (QED) is 0.788. The van der Waals surface area contributed by atoms with Crippen molar-refractivity contribution in [2.45, 2.75) is 56.2 Å². The van der Waals surface area contributed by atoms with Gasteiger partial charge in [-0.2, -0.15) is 0 Å². The van der Waals surface area contributed by atoms with Crippen LogP contribution >= 0.6 is 0 Å². The average Bonchev–Trinajstić information content (AvgIpc) is 2.95. The first-order valence-corrected chi connectivity index (χ1v) is 8.95. The van der Waals surface area contributed by atoms with Crippen molar-refractivity contribution in [2.24, 2.45) is 5.41 Å². The summed E-state index contributed by atoms with van der Waals surface area (Å²) in [5, 5.41) is 12.8. The van der Waals surface area contributed by atoms with E-state index in [9.17, 15) is 13.5 Å². The maximum absolute atomic E-state index is 11.7. The molecule has 2 unspecified atom stereocenters. The van der Waals surface area contributed by atoms with Crippen LogP contribution in [-0.2, 0) is 9.84 Å². The first kappa shape index (κ1) is 14.3. The summed E-state index contributed by atoms with van der Waals surface area (Å²) in [4.78, 5) is 0. The molecule has 2 saturated carbocycles. The molecule has 0 aromatic carbocycles. The lowest BCUT2D eigenvalue weighted by Crippen LogP contribution is -2.45. The standard InChI is InChI=1S/C13H25NO3S/c1-18(16,17)12-6-4-5-11(12)14-9-13(10-15)7-2-3-8-13/h11-12,14-15H,2-10H2,1H3. The lowest BCUT2D eigenvalue weighted by Gasteiger charge is -2.30. The van der Waals surface area contributed by atoms with Crippen LogP contribution in [0.4, 0.5) is 0 Å². The first-order valence-electron chi connectivity index (χ1n) is 7.00. The molecular weight excluding hydrogens is 250 g/mol. The zero-order valence-electron chi connectivity index (χ0n) is 11.2. The smallest absolute Gasteiger partial charge is 0.151 e. The monoisotopic (exact) mass is 275 g/mol. The highest BCUT2D eigenvalue weighted by Gasteiger charge is 2.38. The van der Waals surface area contributed by atoms with E-state index in [1.165, 1.54) is 19.1 Å². The Morgan fingerprint density at radius 1 is 1.22 bits per heavy atom. The van der Waals surface area contributed by atoms with Crippen molar-refractivity contribution in [1.82, 2.24) is 5.32 Å². The van der Waals surface area contributed by atoms with Gasteiger partial charge >= 0.3 is 0 Å². The second-order valence-electron chi connectivity index (χ2n) is 6.15. The van der Waals surface area contributed by atoms with Gasteiger partial charge in [0.05, 0.1) is 5.25 Å². The second kappa shape index (κ2) is 5.47. The summed E-state index contributed by atoms with van der Waals surface area (Å²) in [6.45, 7) is 0.983. The van der Waals surface area contributed by atoms with Gasteiger partial charge in [0.25, 0.3) is 0 Å². The number of sulfone groups is 1. The molecule has 2 fully saturated rings. The van der Waals surface area contributed by atoms with Crippen molar-refractivity contribution in [3.8, 4) is 0 Å². The first-order chi connectivity index (χ1) is 8.47. The fourth-order valence-electron chi connectivity index (χ4n) is 3.54. The average molecular weight is 275 g/mol. The van der Waals surface area contributed by atoms with Gasteiger partial charge < -0.3 is 10.4 Å². The van der Waals surface area contributed by atoms with Crippen LogP contribution in [0.5, 0.6) is 0 Å². The molecule has 2 aliphatic carbocycles. The SMILES string of the molecule is CS(=O)(=O)C1CCCC1NCC1(CO)CCCC1. The van der Waals surface area contributed by atoms with Gasteiger partial charge in [-0.3, -0.25) is 0 Å². The summed E-state index contributed by atoms with van der Waals surface area (Å²) in [7, 11) is -2.95. The van der Waals surface area contributed by atoms with E-state index in [1.54, 1.807) is 0 Å². The molecule has 0 aromatic heterocycles. The van der Waals surface area contributed by atoms with Crippen molar-refractivity contribution in [1.29, 1.82) is 0 Å². The number of nitrogens with one attached hydrogen (secondary N) is 1. The fraction of sp³-hybridized carbons (Fsp3) is 1.00. The van der Waals surface area contributed by atoms with Gasteiger partial charge in [-0.1, -0.05) is 19.3 Å². The third-order valence-electron chi connectivity index (χ3n) is 4.74. The Balaban J connectivity index is 1.93. The van der Waals surface area contributed by atoms with E-state index in [-0.39, 0.29) is 23.3 Å². The van der Waals surface area contributed by atoms with E-state index in [4.69, 9.17) is 0 Å². The van der Waals surface area contributed by atoms with Gasteiger partial charge in [-0.25, -0.2) is 8.42 Å². The highest BCUT2D eigenvalue weighted by Crippen LogP contribution is 2.37. The van der Waals surface area contributed by atoms with E-state index in [2.05, 4.69) is 5.32 Å². The summed E-state index contributed by atoms with van der Waals surface area (Å²) in [6.07, 6.45) is 8.54. The van der Waals surface area contributed by atoms with Crippen molar-refractivity contribution < 1.29 is 13.5 Å². The highest BCUT2D eigenvalue weighted by molar-refractivity contribution is 7.91. The lowest BCUT2D eigenvalue weighted by atomic mass is 9.87. The molecule has 2 rings (SSSR count). The Morgan fingerprint density at radius 3 is 2.44 bits per heavy atom. The fourth-order valence-corrected chi connectivity index (χ4v) is 4.96. The van der Waals surface area contributed by atoms with E-state index >= 15 is 0 Å². The molecule has 2 N–H and O–H groups in total. The largest absolute Gasteiger partial charge is 0.396 e. The summed E-state index contributed by atoms with van der Waals surface area (Å²) in [5.74, 6) is 0. The Bertz CT molecular complexity index is 374. The maximum atomic E-state index is 11.7. The Hall–Kier alpha value is -0.130. The van der Waals surface area contributed by atoms with Crippen molar-refractivity contribution >= 4 is 9.84 Å². The van der Waals surface area contributed by atoms with Gasteiger partial charge in [0.1, 0.15) is 0 Å². The van der Waals surface area contributed by atoms with E-state index in [1.807, 2.05) is 0 Å². The lowest BCUT2D eigenvalue weighted by molar-refractivity contribution is 0.125. The minimum Gasteiger partial charge on any atom is -0.396 e. The molecule has 106 valence electrons. The van der Waals surface area contributed by atoms with Crippen LogP contribution in [0.25, 0.3) is 0 Å². The number of aliphatic hydroxyl groups excluding tert-OH is 1. The van der Waals surface area contributed by atoms with Crippen molar-refractivity contribution in [2.75, 3.05) is 19.4 Å². The van der Waals surface area contributed by atoms with Gasteiger partial charge in [0.2, 0.25) is 0 Å². The van der Waals surface area contributed by atoms with Gasteiger partial charge in [0, 0.05) is 30.9 Å². The van der Waals surface area contributed by atoms with Crippen LogP contribution in [-0.4, -0.2) is 44.2 Å². The Labute approximate surface area is 110 Å². The number of hydrogen-bond acceptors (Lipinski definition) is 4. The van der Waals surface area contributed by atoms with Gasteiger partial charge in [-0.05, 0) is 25.7 Å². The molecule has 2 atom stereocenters. The van der Waals surface area contributed by atoms with Gasteiger partial charge in [0.15, 0.2) is 9.84 Å². The van der Waals surface area contributed by atoms with Crippen LogP contribution in [0, 0.1) is 5.41 Å². The summed E-state index contributed by atoms with van der Waals surface area (Å²) < 4.78 is 23.4. The minimum atomic E-state index is -2.95. The van der Waals surface area contributed by atoms with E-state index in [0.717, 1.165) is 38.6 Å². The predicted octanol–water partition coefficient (Wildman–Crippen LogP) is 1.09. The third-order valence-corrected chi connectivity index (χ3v) is 6.41. The molecule has 2 aliphatic rings.